The summed E-state index contributed by atoms with van der Waals surface area (Å²) in [4.78, 5) is 2.45. The molecule has 2 N–H and O–H groups in total. The molecule has 0 amide bonds. The maximum Gasteiger partial charge on any atom is 0.00790 e. The van der Waals surface area contributed by atoms with E-state index in [4.69, 9.17) is 0 Å². The Labute approximate surface area is 115 Å². The molecule has 0 bridgehead atoms. The maximum absolute atomic E-state index is 3.48. The van der Waals surface area contributed by atoms with Crippen molar-refractivity contribution in [2.75, 3.05) is 39.8 Å². The van der Waals surface area contributed by atoms with Crippen molar-refractivity contribution in [3.05, 3.63) is 0 Å². The molecule has 0 rings (SSSR count). The van der Waals surface area contributed by atoms with Gasteiger partial charge in [-0.25, -0.2) is 0 Å². The number of rotatable bonds is 12. The zero-order valence-corrected chi connectivity index (χ0v) is 13.3. The van der Waals surface area contributed by atoms with E-state index in [0.717, 1.165) is 25.6 Å². The Hall–Kier alpha value is -0.120. The van der Waals surface area contributed by atoms with Crippen LogP contribution in [0.25, 0.3) is 0 Å². The summed E-state index contributed by atoms with van der Waals surface area (Å²) >= 11 is 0. The van der Waals surface area contributed by atoms with Gasteiger partial charge in [0.25, 0.3) is 0 Å². The molecular weight excluding hydrogens is 222 g/mol. The molecule has 18 heavy (non-hydrogen) atoms. The van der Waals surface area contributed by atoms with Gasteiger partial charge in [-0.3, -0.25) is 0 Å². The third-order valence-electron chi connectivity index (χ3n) is 2.92. The molecule has 0 spiro atoms. The van der Waals surface area contributed by atoms with Crippen molar-refractivity contribution in [1.29, 1.82) is 0 Å². The van der Waals surface area contributed by atoms with E-state index in [-0.39, 0.29) is 0 Å². The molecule has 3 heteroatoms. The fourth-order valence-corrected chi connectivity index (χ4v) is 2.10. The zero-order chi connectivity index (χ0) is 13.8. The van der Waals surface area contributed by atoms with E-state index < -0.39 is 0 Å². The van der Waals surface area contributed by atoms with Crippen LogP contribution in [0.3, 0.4) is 0 Å². The molecular formula is C15H35N3. The second kappa shape index (κ2) is 11.9. The minimum Gasteiger partial charge on any atom is -0.315 e. The molecule has 0 aromatic rings. The molecule has 0 aliphatic heterocycles. The molecule has 0 unspecified atom stereocenters. The maximum atomic E-state index is 3.48. The highest BCUT2D eigenvalue weighted by molar-refractivity contribution is 4.58. The molecule has 0 saturated heterocycles. The van der Waals surface area contributed by atoms with E-state index >= 15 is 0 Å². The molecule has 0 atom stereocenters. The Morgan fingerprint density at radius 2 is 1.61 bits per heavy atom. The normalized spacial score (nSPS) is 12.0. The first kappa shape index (κ1) is 17.9. The SMILES string of the molecule is CC(C)CN(C)CCCCCNCCNC(C)C. The molecule has 3 nitrogen and oxygen atoms in total. The number of nitrogens with one attached hydrogen (secondary N) is 2. The molecule has 0 aromatic carbocycles. The van der Waals surface area contributed by atoms with Gasteiger partial charge in [-0.05, 0) is 38.9 Å². The van der Waals surface area contributed by atoms with Crippen molar-refractivity contribution in [3.8, 4) is 0 Å². The predicted octanol–water partition coefficient (Wildman–Crippen LogP) is 2.33. The summed E-state index contributed by atoms with van der Waals surface area (Å²) in [5, 5.41) is 6.90. The number of hydrogen-bond acceptors (Lipinski definition) is 3. The summed E-state index contributed by atoms with van der Waals surface area (Å²) in [5.74, 6) is 0.783. The zero-order valence-electron chi connectivity index (χ0n) is 13.3. The van der Waals surface area contributed by atoms with Crippen molar-refractivity contribution in [3.63, 3.8) is 0 Å². The van der Waals surface area contributed by atoms with Crippen LogP contribution in [0.2, 0.25) is 0 Å². The molecule has 0 radical (unpaired) electrons. The van der Waals surface area contributed by atoms with E-state index in [9.17, 15) is 0 Å². The van der Waals surface area contributed by atoms with Gasteiger partial charge in [0.15, 0.2) is 0 Å². The van der Waals surface area contributed by atoms with Crippen molar-refractivity contribution in [1.82, 2.24) is 15.5 Å². The second-order valence-electron chi connectivity index (χ2n) is 6.08. The van der Waals surface area contributed by atoms with Gasteiger partial charge in [-0.15, -0.1) is 0 Å². The number of hydrogen-bond donors (Lipinski definition) is 2. The van der Waals surface area contributed by atoms with Crippen LogP contribution in [0.5, 0.6) is 0 Å². The number of nitrogens with zero attached hydrogens (tertiary/aromatic N) is 1. The van der Waals surface area contributed by atoms with E-state index in [1.54, 1.807) is 0 Å². The van der Waals surface area contributed by atoms with Crippen LogP contribution in [-0.2, 0) is 0 Å². The molecule has 110 valence electrons. The van der Waals surface area contributed by atoms with Gasteiger partial charge >= 0.3 is 0 Å². The van der Waals surface area contributed by atoms with Crippen molar-refractivity contribution in [2.24, 2.45) is 5.92 Å². The van der Waals surface area contributed by atoms with Crippen LogP contribution >= 0.6 is 0 Å². The van der Waals surface area contributed by atoms with Gasteiger partial charge in [0.1, 0.15) is 0 Å². The lowest BCUT2D eigenvalue weighted by molar-refractivity contribution is 0.288. The Balaban J connectivity index is 3.11. The van der Waals surface area contributed by atoms with Gasteiger partial charge in [-0.1, -0.05) is 34.1 Å². The van der Waals surface area contributed by atoms with Gasteiger partial charge < -0.3 is 15.5 Å². The van der Waals surface area contributed by atoms with Crippen LogP contribution < -0.4 is 10.6 Å². The Bertz CT molecular complexity index is 169. The standard InChI is InChI=1S/C15H35N3/c1-14(2)13-18(5)12-8-6-7-9-16-10-11-17-15(3)4/h14-17H,6-13H2,1-5H3. The van der Waals surface area contributed by atoms with Crippen molar-refractivity contribution < 1.29 is 0 Å². The molecule has 0 fully saturated rings. The summed E-state index contributed by atoms with van der Waals surface area (Å²) in [6.45, 7) is 14.7. The summed E-state index contributed by atoms with van der Waals surface area (Å²) < 4.78 is 0. The first-order valence-electron chi connectivity index (χ1n) is 7.65. The van der Waals surface area contributed by atoms with E-state index in [1.165, 1.54) is 32.4 Å². The topological polar surface area (TPSA) is 27.3 Å². The van der Waals surface area contributed by atoms with Crippen LogP contribution in [0, 0.1) is 5.92 Å². The Morgan fingerprint density at radius 3 is 2.22 bits per heavy atom. The molecule has 0 aromatic heterocycles. The van der Waals surface area contributed by atoms with Crippen molar-refractivity contribution >= 4 is 0 Å². The highest BCUT2D eigenvalue weighted by Gasteiger charge is 2.00. The fraction of sp³-hybridized carbons (Fsp3) is 1.00. The highest BCUT2D eigenvalue weighted by Crippen LogP contribution is 2.00. The summed E-state index contributed by atoms with van der Waals surface area (Å²) in [6.07, 6.45) is 3.97. The van der Waals surface area contributed by atoms with Gasteiger partial charge in [0, 0.05) is 25.7 Å². The third kappa shape index (κ3) is 13.9. The van der Waals surface area contributed by atoms with E-state index in [0.29, 0.717) is 6.04 Å². The largest absolute Gasteiger partial charge is 0.315 e. The minimum absolute atomic E-state index is 0.600. The average Bonchev–Trinajstić information content (AvgIpc) is 2.25. The molecule has 0 aliphatic carbocycles. The molecule has 0 heterocycles. The lowest BCUT2D eigenvalue weighted by atomic mass is 10.2. The summed E-state index contributed by atoms with van der Waals surface area (Å²) in [5.41, 5.74) is 0. The van der Waals surface area contributed by atoms with E-state index in [2.05, 4.69) is 50.3 Å². The van der Waals surface area contributed by atoms with Crippen LogP contribution in [0.15, 0.2) is 0 Å². The third-order valence-corrected chi connectivity index (χ3v) is 2.92. The lowest BCUT2D eigenvalue weighted by Gasteiger charge is -2.18. The summed E-state index contributed by atoms with van der Waals surface area (Å²) in [6, 6.07) is 0.600. The smallest absolute Gasteiger partial charge is 0.00790 e. The minimum atomic E-state index is 0.600. The molecule has 0 aliphatic rings. The second-order valence-corrected chi connectivity index (χ2v) is 6.08. The van der Waals surface area contributed by atoms with Crippen LogP contribution in [0.4, 0.5) is 0 Å². The van der Waals surface area contributed by atoms with Crippen LogP contribution in [-0.4, -0.2) is 50.7 Å². The quantitative estimate of drug-likeness (QED) is 0.526. The molecule has 0 saturated carbocycles. The predicted molar refractivity (Wildman–Crippen MR) is 82.2 cm³/mol. The van der Waals surface area contributed by atoms with Crippen molar-refractivity contribution in [2.45, 2.75) is 53.0 Å². The van der Waals surface area contributed by atoms with Gasteiger partial charge in [0.2, 0.25) is 0 Å². The summed E-state index contributed by atoms with van der Waals surface area (Å²) in [7, 11) is 2.23. The van der Waals surface area contributed by atoms with Gasteiger partial charge in [0.05, 0.1) is 0 Å². The Morgan fingerprint density at radius 1 is 0.889 bits per heavy atom. The Kier molecular flexibility index (Phi) is 11.9. The first-order valence-corrected chi connectivity index (χ1v) is 7.65. The first-order chi connectivity index (χ1) is 8.52. The number of unbranched alkanes of at least 4 members (excludes halogenated alkanes) is 2. The monoisotopic (exact) mass is 257 g/mol. The fourth-order valence-electron chi connectivity index (χ4n) is 2.10. The average molecular weight is 257 g/mol. The highest BCUT2D eigenvalue weighted by atomic mass is 15.1. The van der Waals surface area contributed by atoms with Gasteiger partial charge in [-0.2, -0.15) is 0 Å². The van der Waals surface area contributed by atoms with E-state index in [1.807, 2.05) is 0 Å². The van der Waals surface area contributed by atoms with Crippen LogP contribution in [0.1, 0.15) is 47.0 Å². The lowest BCUT2D eigenvalue weighted by Crippen LogP contribution is -2.32.